The summed E-state index contributed by atoms with van der Waals surface area (Å²) in [4.78, 5) is 30.9. The third kappa shape index (κ3) is 6.34. The van der Waals surface area contributed by atoms with E-state index in [4.69, 9.17) is 16.3 Å². The van der Waals surface area contributed by atoms with Gasteiger partial charge in [0, 0.05) is 56.3 Å². The number of carbonyl (C=O) groups excluding carboxylic acids is 2. The Morgan fingerprint density at radius 1 is 1.06 bits per heavy atom. The Hall–Kier alpha value is -3.59. The molecule has 190 valence electrons. The largest absolute Gasteiger partial charge is 0.490 e. The zero-order valence-electron chi connectivity index (χ0n) is 20.9. The average molecular weight is 511 g/mol. The first-order valence-electron chi connectivity index (χ1n) is 11.9. The standard InChI is InChI=1S/C26H31ClN6O3/c1-26(2,3)21-15-23(32(4)31-21)30-25(35)29-18-6-8-19(9-7-18)36-20-11-13-33(14-12-20)24(34)17-5-10-22(27)28-16-17/h5-10,15-16,20H,11-14H2,1-4H3,(H2,29,30,35). The number of piperidine rings is 1. The first-order chi connectivity index (χ1) is 17.1. The highest BCUT2D eigenvalue weighted by molar-refractivity contribution is 6.29. The molecule has 0 spiro atoms. The van der Waals surface area contributed by atoms with E-state index in [-0.39, 0.29) is 23.5 Å². The lowest BCUT2D eigenvalue weighted by Crippen LogP contribution is -2.41. The van der Waals surface area contributed by atoms with Crippen LogP contribution >= 0.6 is 11.6 Å². The van der Waals surface area contributed by atoms with Crippen molar-refractivity contribution in [3.63, 3.8) is 0 Å². The molecule has 9 nitrogen and oxygen atoms in total. The molecule has 0 unspecified atom stereocenters. The highest BCUT2D eigenvalue weighted by atomic mass is 35.5. The van der Waals surface area contributed by atoms with Crippen molar-refractivity contribution in [3.8, 4) is 5.75 Å². The molecule has 1 aromatic carbocycles. The summed E-state index contributed by atoms with van der Waals surface area (Å²) in [5.41, 5.74) is 1.97. The Labute approximate surface area is 215 Å². The normalized spacial score (nSPS) is 14.4. The van der Waals surface area contributed by atoms with Gasteiger partial charge >= 0.3 is 6.03 Å². The lowest BCUT2D eigenvalue weighted by atomic mass is 9.92. The summed E-state index contributed by atoms with van der Waals surface area (Å²) in [6.07, 6.45) is 2.98. The number of hydrogen-bond donors (Lipinski definition) is 2. The van der Waals surface area contributed by atoms with E-state index in [1.807, 2.05) is 23.1 Å². The summed E-state index contributed by atoms with van der Waals surface area (Å²) in [6.45, 7) is 7.44. The number of amides is 3. The number of anilines is 2. The van der Waals surface area contributed by atoms with Crippen LogP contribution in [0, 0.1) is 0 Å². The first-order valence-corrected chi connectivity index (χ1v) is 12.3. The number of aryl methyl sites for hydroxylation is 1. The molecule has 0 bridgehead atoms. The van der Waals surface area contributed by atoms with Gasteiger partial charge in [0.1, 0.15) is 22.8 Å². The molecule has 0 atom stereocenters. The summed E-state index contributed by atoms with van der Waals surface area (Å²) in [5.74, 6) is 1.29. The minimum atomic E-state index is -0.347. The summed E-state index contributed by atoms with van der Waals surface area (Å²) in [7, 11) is 1.80. The van der Waals surface area contributed by atoms with Gasteiger partial charge in [-0.3, -0.25) is 14.8 Å². The molecule has 0 saturated carbocycles. The number of likely N-dealkylation sites (tertiary alicyclic amines) is 1. The van der Waals surface area contributed by atoms with E-state index in [1.54, 1.807) is 36.0 Å². The number of aromatic nitrogens is 3. The van der Waals surface area contributed by atoms with Crippen molar-refractivity contribution >= 4 is 35.0 Å². The number of nitrogens with zero attached hydrogens (tertiary/aromatic N) is 4. The van der Waals surface area contributed by atoms with Crippen molar-refractivity contribution in [2.24, 2.45) is 7.05 Å². The highest BCUT2D eigenvalue weighted by Crippen LogP contribution is 2.24. The molecule has 4 rings (SSSR count). The Bertz CT molecular complexity index is 1210. The number of rotatable bonds is 5. The third-order valence-corrected chi connectivity index (χ3v) is 6.23. The second kappa shape index (κ2) is 10.6. The molecule has 0 aliphatic carbocycles. The van der Waals surface area contributed by atoms with E-state index in [9.17, 15) is 9.59 Å². The van der Waals surface area contributed by atoms with Crippen LogP contribution in [0.3, 0.4) is 0 Å². The number of nitrogens with one attached hydrogen (secondary N) is 2. The van der Waals surface area contributed by atoms with Gasteiger partial charge in [-0.05, 0) is 36.4 Å². The quantitative estimate of drug-likeness (QED) is 0.465. The maximum Gasteiger partial charge on any atom is 0.324 e. The fraction of sp³-hybridized carbons (Fsp3) is 0.385. The van der Waals surface area contributed by atoms with E-state index >= 15 is 0 Å². The van der Waals surface area contributed by atoms with Gasteiger partial charge in [0.25, 0.3) is 5.91 Å². The molecule has 3 heterocycles. The zero-order valence-corrected chi connectivity index (χ0v) is 21.7. The lowest BCUT2D eigenvalue weighted by molar-refractivity contribution is 0.0595. The van der Waals surface area contributed by atoms with Crippen molar-refractivity contribution in [2.45, 2.75) is 45.1 Å². The van der Waals surface area contributed by atoms with Crippen LogP contribution in [-0.4, -0.2) is 50.8 Å². The lowest BCUT2D eigenvalue weighted by Gasteiger charge is -2.32. The SMILES string of the molecule is Cn1nc(C(C)(C)C)cc1NC(=O)Nc1ccc(OC2CCN(C(=O)c3ccc(Cl)nc3)CC2)cc1. The maximum absolute atomic E-state index is 12.6. The van der Waals surface area contributed by atoms with E-state index < -0.39 is 0 Å². The van der Waals surface area contributed by atoms with E-state index in [2.05, 4.69) is 41.5 Å². The van der Waals surface area contributed by atoms with Gasteiger partial charge in [-0.1, -0.05) is 32.4 Å². The van der Waals surface area contributed by atoms with Gasteiger partial charge < -0.3 is 15.0 Å². The van der Waals surface area contributed by atoms with Crippen molar-refractivity contribution in [3.05, 3.63) is 65.1 Å². The van der Waals surface area contributed by atoms with Crippen LogP contribution in [-0.2, 0) is 12.5 Å². The van der Waals surface area contributed by atoms with Crippen molar-refractivity contribution in [2.75, 3.05) is 23.7 Å². The van der Waals surface area contributed by atoms with Crippen LogP contribution in [0.25, 0.3) is 0 Å². The second-order valence-corrected chi connectivity index (χ2v) is 10.3. The number of benzene rings is 1. The number of pyridine rings is 1. The molecular weight excluding hydrogens is 480 g/mol. The Morgan fingerprint density at radius 2 is 1.75 bits per heavy atom. The Morgan fingerprint density at radius 3 is 2.33 bits per heavy atom. The number of carbonyl (C=O) groups is 2. The molecule has 1 aliphatic heterocycles. The fourth-order valence-corrected chi connectivity index (χ4v) is 4.01. The van der Waals surface area contributed by atoms with Crippen LogP contribution in [0.15, 0.2) is 48.7 Å². The van der Waals surface area contributed by atoms with Gasteiger partial charge in [-0.2, -0.15) is 5.10 Å². The maximum atomic E-state index is 12.6. The smallest absolute Gasteiger partial charge is 0.324 e. The molecule has 1 fully saturated rings. The summed E-state index contributed by atoms with van der Waals surface area (Å²) < 4.78 is 7.76. The van der Waals surface area contributed by atoms with Crippen molar-refractivity contribution in [1.29, 1.82) is 0 Å². The van der Waals surface area contributed by atoms with E-state index in [1.165, 1.54) is 6.20 Å². The average Bonchev–Trinajstić information content (AvgIpc) is 3.21. The van der Waals surface area contributed by atoms with E-state index in [0.717, 1.165) is 18.5 Å². The molecule has 3 amide bonds. The van der Waals surface area contributed by atoms with E-state index in [0.29, 0.717) is 41.1 Å². The molecule has 10 heteroatoms. The topological polar surface area (TPSA) is 101 Å². The number of ether oxygens (including phenoxy) is 1. The van der Waals surface area contributed by atoms with Crippen molar-refractivity contribution in [1.82, 2.24) is 19.7 Å². The third-order valence-electron chi connectivity index (χ3n) is 6.01. The van der Waals surface area contributed by atoms with Gasteiger partial charge in [0.15, 0.2) is 0 Å². The van der Waals surface area contributed by atoms with Crippen molar-refractivity contribution < 1.29 is 14.3 Å². The number of halogens is 1. The van der Waals surface area contributed by atoms with Gasteiger partial charge in [0.05, 0.1) is 11.3 Å². The summed E-state index contributed by atoms with van der Waals surface area (Å²) in [6, 6.07) is 12.1. The summed E-state index contributed by atoms with van der Waals surface area (Å²) >= 11 is 5.81. The monoisotopic (exact) mass is 510 g/mol. The van der Waals surface area contributed by atoms with Gasteiger partial charge in [0.2, 0.25) is 0 Å². The molecule has 0 radical (unpaired) electrons. The van der Waals surface area contributed by atoms with Gasteiger partial charge in [-0.25, -0.2) is 9.78 Å². The Kier molecular flexibility index (Phi) is 7.49. The summed E-state index contributed by atoms with van der Waals surface area (Å²) in [5, 5.41) is 10.5. The second-order valence-electron chi connectivity index (χ2n) is 9.87. The first kappa shape index (κ1) is 25.5. The molecule has 2 N–H and O–H groups in total. The van der Waals surface area contributed by atoms with Crippen LogP contribution in [0.2, 0.25) is 5.15 Å². The number of urea groups is 1. The fourth-order valence-electron chi connectivity index (χ4n) is 3.90. The zero-order chi connectivity index (χ0) is 25.9. The highest BCUT2D eigenvalue weighted by Gasteiger charge is 2.25. The molecule has 1 saturated heterocycles. The van der Waals surface area contributed by atoms with Crippen LogP contribution in [0.4, 0.5) is 16.3 Å². The molecule has 3 aromatic rings. The molecule has 36 heavy (non-hydrogen) atoms. The van der Waals surface area contributed by atoms with Gasteiger partial charge in [-0.15, -0.1) is 0 Å². The number of hydrogen-bond acceptors (Lipinski definition) is 5. The molecule has 2 aromatic heterocycles. The predicted octanol–water partition coefficient (Wildman–Crippen LogP) is 5.09. The molecule has 1 aliphatic rings. The van der Waals surface area contributed by atoms with Crippen LogP contribution < -0.4 is 15.4 Å². The minimum Gasteiger partial charge on any atom is -0.490 e. The predicted molar refractivity (Wildman–Crippen MR) is 140 cm³/mol. The Balaban J connectivity index is 1.25. The minimum absolute atomic E-state index is 0.0151. The van der Waals surface area contributed by atoms with Crippen LogP contribution in [0.5, 0.6) is 5.75 Å². The van der Waals surface area contributed by atoms with Crippen LogP contribution in [0.1, 0.15) is 49.7 Å². The molecular formula is C26H31ClN6O3.